The fourth-order valence-electron chi connectivity index (χ4n) is 1.69. The molecular formula is C14H17N3O2S. The van der Waals surface area contributed by atoms with E-state index in [2.05, 4.69) is 10.3 Å². The van der Waals surface area contributed by atoms with Gasteiger partial charge < -0.3 is 15.0 Å². The molecule has 0 unspecified atom stereocenters. The maximum Gasteiger partial charge on any atom is 0.317 e. The Labute approximate surface area is 122 Å². The molecule has 0 aliphatic rings. The molecular weight excluding hydrogens is 274 g/mol. The zero-order valence-corrected chi connectivity index (χ0v) is 12.3. The molecule has 0 spiro atoms. The van der Waals surface area contributed by atoms with Crippen LogP contribution < -0.4 is 10.1 Å². The lowest BCUT2D eigenvalue weighted by molar-refractivity contribution is 0.207. The van der Waals surface area contributed by atoms with Crippen molar-refractivity contribution in [3.8, 4) is 5.88 Å². The van der Waals surface area contributed by atoms with Crippen molar-refractivity contribution in [3.05, 3.63) is 46.3 Å². The van der Waals surface area contributed by atoms with Gasteiger partial charge in [0.25, 0.3) is 0 Å². The van der Waals surface area contributed by atoms with Crippen LogP contribution in [0.25, 0.3) is 0 Å². The minimum absolute atomic E-state index is 0.103. The lowest BCUT2D eigenvalue weighted by atomic mass is 10.2. The fourth-order valence-corrected chi connectivity index (χ4v) is 2.45. The van der Waals surface area contributed by atoms with Crippen LogP contribution in [-0.4, -0.2) is 30.1 Å². The van der Waals surface area contributed by atoms with Crippen LogP contribution >= 0.6 is 11.3 Å². The molecule has 1 N–H and O–H groups in total. The smallest absolute Gasteiger partial charge is 0.317 e. The largest absolute Gasteiger partial charge is 0.481 e. The van der Waals surface area contributed by atoms with Crippen LogP contribution in [0, 0.1) is 0 Å². The number of urea groups is 1. The Bertz CT molecular complexity index is 557. The van der Waals surface area contributed by atoms with Crippen LogP contribution in [-0.2, 0) is 13.1 Å². The second kappa shape index (κ2) is 6.91. The van der Waals surface area contributed by atoms with Crippen molar-refractivity contribution in [3.63, 3.8) is 0 Å². The summed E-state index contributed by atoms with van der Waals surface area (Å²) in [5, 5.41) is 4.88. The first-order chi connectivity index (χ1) is 9.69. The average molecular weight is 291 g/mol. The molecule has 0 aliphatic heterocycles. The van der Waals surface area contributed by atoms with Gasteiger partial charge in [-0.1, -0.05) is 6.07 Å². The zero-order valence-electron chi connectivity index (χ0n) is 11.5. The van der Waals surface area contributed by atoms with Crippen LogP contribution in [0.2, 0.25) is 0 Å². The first kappa shape index (κ1) is 14.3. The Morgan fingerprint density at radius 3 is 3.05 bits per heavy atom. The molecule has 2 aromatic rings. The molecule has 6 heteroatoms. The van der Waals surface area contributed by atoms with Crippen LogP contribution in [0.1, 0.15) is 10.4 Å². The number of nitrogens with one attached hydrogen (secondary N) is 1. The molecule has 0 aliphatic carbocycles. The molecule has 2 amide bonds. The van der Waals surface area contributed by atoms with Gasteiger partial charge >= 0.3 is 6.03 Å². The molecule has 20 heavy (non-hydrogen) atoms. The quantitative estimate of drug-likeness (QED) is 0.921. The molecule has 2 heterocycles. The number of rotatable bonds is 5. The third kappa shape index (κ3) is 3.96. The summed E-state index contributed by atoms with van der Waals surface area (Å²) < 4.78 is 5.05. The maximum absolute atomic E-state index is 12.0. The highest BCUT2D eigenvalue weighted by molar-refractivity contribution is 7.09. The van der Waals surface area contributed by atoms with Gasteiger partial charge in [-0.15, -0.1) is 11.3 Å². The minimum atomic E-state index is -0.103. The van der Waals surface area contributed by atoms with Crippen molar-refractivity contribution < 1.29 is 9.53 Å². The number of nitrogens with zero attached hydrogens (tertiary/aromatic N) is 2. The van der Waals surface area contributed by atoms with E-state index in [1.165, 1.54) is 0 Å². The lowest BCUT2D eigenvalue weighted by Crippen LogP contribution is -2.36. The zero-order chi connectivity index (χ0) is 14.4. The summed E-state index contributed by atoms with van der Waals surface area (Å²) in [7, 11) is 3.35. The summed E-state index contributed by atoms with van der Waals surface area (Å²) in [6.45, 7) is 1.07. The number of aromatic nitrogens is 1. The van der Waals surface area contributed by atoms with Gasteiger partial charge in [0, 0.05) is 30.7 Å². The van der Waals surface area contributed by atoms with E-state index < -0.39 is 0 Å². The molecule has 5 nitrogen and oxygen atoms in total. The van der Waals surface area contributed by atoms with Gasteiger partial charge in [0.15, 0.2) is 0 Å². The SMILES string of the molecule is COc1cc(CNC(=O)N(C)Cc2cccs2)ccn1. The number of carbonyl (C=O) groups excluding carboxylic acids is 1. The Hall–Kier alpha value is -2.08. The van der Waals surface area contributed by atoms with E-state index in [1.807, 2.05) is 23.6 Å². The second-order valence-electron chi connectivity index (χ2n) is 4.30. The molecule has 0 saturated carbocycles. The van der Waals surface area contributed by atoms with E-state index >= 15 is 0 Å². The van der Waals surface area contributed by atoms with Crippen molar-refractivity contribution in [2.24, 2.45) is 0 Å². The van der Waals surface area contributed by atoms with Crippen molar-refractivity contribution >= 4 is 17.4 Å². The second-order valence-corrected chi connectivity index (χ2v) is 5.33. The summed E-state index contributed by atoms with van der Waals surface area (Å²) in [5.41, 5.74) is 0.953. The molecule has 0 saturated heterocycles. The third-order valence-corrected chi connectivity index (χ3v) is 3.63. The van der Waals surface area contributed by atoms with Gasteiger partial charge in [0.05, 0.1) is 13.7 Å². The Balaban J connectivity index is 1.84. The highest BCUT2D eigenvalue weighted by Gasteiger charge is 2.09. The summed E-state index contributed by atoms with van der Waals surface area (Å²) >= 11 is 1.64. The summed E-state index contributed by atoms with van der Waals surface area (Å²) in [6, 6.07) is 7.55. The molecule has 0 aromatic carbocycles. The van der Waals surface area contributed by atoms with Crippen molar-refractivity contribution in [2.45, 2.75) is 13.1 Å². The highest BCUT2D eigenvalue weighted by Crippen LogP contribution is 2.11. The predicted octanol–water partition coefficient (Wildman–Crippen LogP) is 2.49. The van der Waals surface area contributed by atoms with Gasteiger partial charge in [0.1, 0.15) is 0 Å². The number of methoxy groups -OCH3 is 1. The number of ether oxygens (including phenoxy) is 1. The Morgan fingerprint density at radius 2 is 2.35 bits per heavy atom. The first-order valence-electron chi connectivity index (χ1n) is 6.19. The molecule has 0 bridgehead atoms. The van der Waals surface area contributed by atoms with Gasteiger partial charge in [-0.05, 0) is 23.1 Å². The van der Waals surface area contributed by atoms with Gasteiger partial charge in [-0.2, -0.15) is 0 Å². The van der Waals surface area contributed by atoms with E-state index in [4.69, 9.17) is 4.74 Å². The predicted molar refractivity (Wildman–Crippen MR) is 78.8 cm³/mol. The molecule has 106 valence electrons. The standard InChI is InChI=1S/C14H17N3O2S/c1-17(10-12-4-3-7-20-12)14(18)16-9-11-5-6-15-13(8-11)19-2/h3-8H,9-10H2,1-2H3,(H,16,18). The van der Waals surface area contributed by atoms with E-state index in [-0.39, 0.29) is 6.03 Å². The summed E-state index contributed by atoms with van der Waals surface area (Å²) in [4.78, 5) is 18.8. The minimum Gasteiger partial charge on any atom is -0.481 e. The topological polar surface area (TPSA) is 54.5 Å². The van der Waals surface area contributed by atoms with E-state index in [9.17, 15) is 4.79 Å². The maximum atomic E-state index is 12.0. The van der Waals surface area contributed by atoms with Gasteiger partial charge in [-0.25, -0.2) is 9.78 Å². The molecule has 0 fully saturated rings. The number of pyridine rings is 1. The van der Waals surface area contributed by atoms with Crippen LogP contribution in [0.5, 0.6) is 5.88 Å². The molecule has 2 rings (SSSR count). The van der Waals surface area contributed by atoms with Crippen molar-refractivity contribution in [1.82, 2.24) is 15.2 Å². The number of amides is 2. The summed E-state index contributed by atoms with van der Waals surface area (Å²) in [6.07, 6.45) is 1.66. The molecule has 0 radical (unpaired) electrons. The van der Waals surface area contributed by atoms with Gasteiger partial charge in [-0.3, -0.25) is 0 Å². The number of hydrogen-bond acceptors (Lipinski definition) is 4. The Morgan fingerprint density at radius 1 is 1.50 bits per heavy atom. The van der Waals surface area contributed by atoms with E-state index in [1.54, 1.807) is 42.7 Å². The molecule has 0 atom stereocenters. The number of thiophene rings is 1. The normalized spacial score (nSPS) is 10.1. The summed E-state index contributed by atoms with van der Waals surface area (Å²) in [5.74, 6) is 0.545. The third-order valence-electron chi connectivity index (χ3n) is 2.77. The van der Waals surface area contributed by atoms with E-state index in [0.29, 0.717) is 19.0 Å². The lowest BCUT2D eigenvalue weighted by Gasteiger charge is -2.17. The van der Waals surface area contributed by atoms with E-state index in [0.717, 1.165) is 10.4 Å². The molecule has 2 aromatic heterocycles. The monoisotopic (exact) mass is 291 g/mol. The van der Waals surface area contributed by atoms with Crippen LogP contribution in [0.3, 0.4) is 0 Å². The van der Waals surface area contributed by atoms with Crippen molar-refractivity contribution in [1.29, 1.82) is 0 Å². The Kier molecular flexibility index (Phi) is 4.95. The first-order valence-corrected chi connectivity index (χ1v) is 7.07. The fraction of sp³-hybridized carbons (Fsp3) is 0.286. The number of hydrogen-bond donors (Lipinski definition) is 1. The van der Waals surface area contributed by atoms with Gasteiger partial charge in [0.2, 0.25) is 5.88 Å². The highest BCUT2D eigenvalue weighted by atomic mass is 32.1. The van der Waals surface area contributed by atoms with Crippen molar-refractivity contribution in [2.75, 3.05) is 14.2 Å². The number of carbonyl (C=O) groups is 1. The van der Waals surface area contributed by atoms with Crippen LogP contribution in [0.4, 0.5) is 4.79 Å². The average Bonchev–Trinajstić information content (AvgIpc) is 2.97. The van der Waals surface area contributed by atoms with Crippen LogP contribution in [0.15, 0.2) is 35.8 Å².